The summed E-state index contributed by atoms with van der Waals surface area (Å²) in [5.41, 5.74) is 0.414. The molecule has 1 aromatic rings. The highest BCUT2D eigenvalue weighted by molar-refractivity contribution is 6.08. The minimum atomic E-state index is -0.723. The molecule has 0 unspecified atom stereocenters. The Morgan fingerprint density at radius 3 is 2.48 bits per heavy atom. The molecule has 2 aliphatic rings. The fourth-order valence-electron chi connectivity index (χ4n) is 3.86. The molecule has 2 fully saturated rings. The molecule has 4 amide bonds. The summed E-state index contributed by atoms with van der Waals surface area (Å²) < 4.78 is 0. The number of nitrogens with zero attached hydrogens (tertiary/aromatic N) is 2. The molecule has 25 heavy (non-hydrogen) atoms. The second-order valence-corrected chi connectivity index (χ2v) is 6.91. The predicted octanol–water partition coefficient (Wildman–Crippen LogP) is 1.94. The van der Waals surface area contributed by atoms with Crippen LogP contribution in [0.15, 0.2) is 30.3 Å². The van der Waals surface area contributed by atoms with E-state index in [1.165, 1.54) is 0 Å². The monoisotopic (exact) mass is 343 g/mol. The molecule has 1 saturated heterocycles. The van der Waals surface area contributed by atoms with Gasteiger partial charge in [0.15, 0.2) is 0 Å². The van der Waals surface area contributed by atoms with E-state index < -0.39 is 5.54 Å². The molecule has 0 radical (unpaired) electrons. The van der Waals surface area contributed by atoms with Gasteiger partial charge in [0.05, 0.1) is 0 Å². The van der Waals surface area contributed by atoms with Crippen LogP contribution in [0.3, 0.4) is 0 Å². The lowest BCUT2D eigenvalue weighted by molar-refractivity contribution is -0.137. The SMILES string of the molecule is CN1C(=O)N(CC(=O)NCCc2ccccc2)C(=O)C12CCCCC2. The molecular formula is C19H25N3O3. The molecule has 6 nitrogen and oxygen atoms in total. The standard InChI is InChI=1S/C19H25N3O3/c1-21-18(25)22(17(24)19(21)11-6-3-7-12-19)14-16(23)20-13-10-15-8-4-2-5-9-15/h2,4-5,8-9H,3,6-7,10-14H2,1H3,(H,20,23). The van der Waals surface area contributed by atoms with Crippen LogP contribution >= 0.6 is 0 Å². The summed E-state index contributed by atoms with van der Waals surface area (Å²) in [4.78, 5) is 40.1. The molecule has 1 aromatic carbocycles. The van der Waals surface area contributed by atoms with Crippen molar-refractivity contribution in [1.82, 2.24) is 15.1 Å². The Hall–Kier alpha value is -2.37. The first-order chi connectivity index (χ1) is 12.0. The highest BCUT2D eigenvalue weighted by atomic mass is 16.2. The van der Waals surface area contributed by atoms with Crippen LogP contribution in [0.25, 0.3) is 0 Å². The zero-order valence-corrected chi connectivity index (χ0v) is 14.7. The first kappa shape index (κ1) is 17.5. The number of carbonyl (C=O) groups excluding carboxylic acids is 3. The van der Waals surface area contributed by atoms with Gasteiger partial charge in [-0.1, -0.05) is 49.6 Å². The smallest absolute Gasteiger partial charge is 0.327 e. The number of likely N-dealkylation sites (N-methyl/N-ethyl adjacent to an activating group) is 1. The Morgan fingerprint density at radius 2 is 1.80 bits per heavy atom. The van der Waals surface area contributed by atoms with Crippen molar-refractivity contribution in [2.24, 2.45) is 0 Å². The zero-order valence-electron chi connectivity index (χ0n) is 14.7. The zero-order chi connectivity index (χ0) is 17.9. The second-order valence-electron chi connectivity index (χ2n) is 6.91. The predicted molar refractivity (Wildman–Crippen MR) is 93.8 cm³/mol. The van der Waals surface area contributed by atoms with Crippen molar-refractivity contribution >= 4 is 17.8 Å². The number of urea groups is 1. The van der Waals surface area contributed by atoms with Gasteiger partial charge in [-0.15, -0.1) is 0 Å². The molecule has 1 N–H and O–H groups in total. The van der Waals surface area contributed by atoms with E-state index in [4.69, 9.17) is 0 Å². The quantitative estimate of drug-likeness (QED) is 0.831. The van der Waals surface area contributed by atoms with Crippen LogP contribution in [0.4, 0.5) is 4.79 Å². The van der Waals surface area contributed by atoms with Gasteiger partial charge in [-0.05, 0) is 24.8 Å². The van der Waals surface area contributed by atoms with E-state index >= 15 is 0 Å². The van der Waals surface area contributed by atoms with Crippen molar-refractivity contribution in [2.75, 3.05) is 20.1 Å². The molecule has 0 aromatic heterocycles. The van der Waals surface area contributed by atoms with Crippen LogP contribution in [0, 0.1) is 0 Å². The number of nitrogens with one attached hydrogen (secondary N) is 1. The van der Waals surface area contributed by atoms with Crippen molar-refractivity contribution in [3.05, 3.63) is 35.9 Å². The third-order valence-electron chi connectivity index (χ3n) is 5.36. The molecule has 1 aliphatic heterocycles. The molecule has 3 rings (SSSR count). The van der Waals surface area contributed by atoms with E-state index in [1.807, 2.05) is 30.3 Å². The lowest BCUT2D eigenvalue weighted by Gasteiger charge is -2.35. The maximum atomic E-state index is 12.8. The summed E-state index contributed by atoms with van der Waals surface area (Å²) in [7, 11) is 1.68. The van der Waals surface area contributed by atoms with Gasteiger partial charge < -0.3 is 10.2 Å². The van der Waals surface area contributed by atoms with Crippen LogP contribution in [-0.2, 0) is 16.0 Å². The Balaban J connectivity index is 1.55. The number of hydrogen-bond donors (Lipinski definition) is 1. The number of hydrogen-bond acceptors (Lipinski definition) is 3. The fraction of sp³-hybridized carbons (Fsp3) is 0.526. The number of imide groups is 1. The third kappa shape index (κ3) is 3.38. The largest absolute Gasteiger partial charge is 0.354 e. The van der Waals surface area contributed by atoms with Gasteiger partial charge in [0.1, 0.15) is 12.1 Å². The van der Waals surface area contributed by atoms with Gasteiger partial charge in [-0.25, -0.2) is 4.79 Å². The maximum absolute atomic E-state index is 12.8. The third-order valence-corrected chi connectivity index (χ3v) is 5.36. The average molecular weight is 343 g/mol. The molecular weight excluding hydrogens is 318 g/mol. The van der Waals surface area contributed by atoms with Crippen molar-refractivity contribution in [2.45, 2.75) is 44.1 Å². The first-order valence-corrected chi connectivity index (χ1v) is 8.95. The topological polar surface area (TPSA) is 69.7 Å². The Bertz CT molecular complexity index is 653. The molecule has 0 bridgehead atoms. The van der Waals surface area contributed by atoms with Crippen LogP contribution in [0.2, 0.25) is 0 Å². The summed E-state index contributed by atoms with van der Waals surface area (Å²) in [5.74, 6) is -0.503. The molecule has 134 valence electrons. The van der Waals surface area contributed by atoms with Crippen molar-refractivity contribution < 1.29 is 14.4 Å². The van der Waals surface area contributed by atoms with Crippen molar-refractivity contribution in [1.29, 1.82) is 0 Å². The molecule has 1 heterocycles. The Kier molecular flexibility index (Phi) is 5.06. The van der Waals surface area contributed by atoms with Gasteiger partial charge >= 0.3 is 6.03 Å². The lowest BCUT2D eigenvalue weighted by atomic mass is 9.81. The first-order valence-electron chi connectivity index (χ1n) is 8.95. The van der Waals surface area contributed by atoms with Crippen LogP contribution in [-0.4, -0.2) is 53.3 Å². The fourth-order valence-corrected chi connectivity index (χ4v) is 3.86. The van der Waals surface area contributed by atoms with Gasteiger partial charge in [-0.2, -0.15) is 0 Å². The van der Waals surface area contributed by atoms with Crippen LogP contribution < -0.4 is 5.32 Å². The van der Waals surface area contributed by atoms with Crippen LogP contribution in [0.1, 0.15) is 37.7 Å². The molecule has 1 aliphatic carbocycles. The van der Waals surface area contributed by atoms with Gasteiger partial charge in [0, 0.05) is 13.6 Å². The summed E-state index contributed by atoms with van der Waals surface area (Å²) in [6, 6.07) is 9.51. The highest BCUT2D eigenvalue weighted by Gasteiger charge is 2.55. The summed E-state index contributed by atoms with van der Waals surface area (Å²) in [5, 5.41) is 2.80. The van der Waals surface area contributed by atoms with Gasteiger partial charge in [0.2, 0.25) is 5.91 Å². The lowest BCUT2D eigenvalue weighted by Crippen LogP contribution is -2.49. The minimum absolute atomic E-state index is 0.196. The number of amides is 4. The summed E-state index contributed by atoms with van der Waals surface area (Å²) >= 11 is 0. The van der Waals surface area contributed by atoms with E-state index in [2.05, 4.69) is 5.32 Å². The molecule has 6 heteroatoms. The maximum Gasteiger partial charge on any atom is 0.327 e. The Labute approximate surface area is 148 Å². The summed E-state index contributed by atoms with van der Waals surface area (Å²) in [6.07, 6.45) is 5.09. The number of benzene rings is 1. The summed E-state index contributed by atoms with van der Waals surface area (Å²) in [6.45, 7) is 0.290. The van der Waals surface area contributed by atoms with E-state index in [0.717, 1.165) is 36.1 Å². The van der Waals surface area contributed by atoms with Gasteiger partial charge in [0.25, 0.3) is 5.91 Å². The van der Waals surface area contributed by atoms with E-state index in [-0.39, 0.29) is 24.4 Å². The number of rotatable bonds is 5. The van der Waals surface area contributed by atoms with Crippen LogP contribution in [0.5, 0.6) is 0 Å². The molecule has 1 saturated carbocycles. The molecule has 1 spiro atoms. The normalized spacial score (nSPS) is 19.6. The van der Waals surface area contributed by atoms with Crippen molar-refractivity contribution in [3.8, 4) is 0 Å². The van der Waals surface area contributed by atoms with Crippen molar-refractivity contribution in [3.63, 3.8) is 0 Å². The number of carbonyl (C=O) groups is 3. The minimum Gasteiger partial charge on any atom is -0.354 e. The Morgan fingerprint density at radius 1 is 1.12 bits per heavy atom. The molecule has 0 atom stereocenters. The van der Waals surface area contributed by atoms with E-state index in [9.17, 15) is 14.4 Å². The van der Waals surface area contributed by atoms with Gasteiger partial charge in [-0.3, -0.25) is 14.5 Å². The van der Waals surface area contributed by atoms with E-state index in [0.29, 0.717) is 19.4 Å². The van der Waals surface area contributed by atoms with E-state index in [1.54, 1.807) is 11.9 Å². The highest BCUT2D eigenvalue weighted by Crippen LogP contribution is 2.39. The average Bonchev–Trinajstić information content (AvgIpc) is 2.80. The second kappa shape index (κ2) is 7.25.